The molecule has 0 bridgehead atoms. The van der Waals surface area contributed by atoms with Gasteiger partial charge in [0.1, 0.15) is 5.75 Å². The molecule has 5 heteroatoms. The number of ether oxygens (including phenoxy) is 1. The minimum atomic E-state index is -2.82. The molecule has 0 amide bonds. The number of aryl methyl sites for hydroxylation is 2. The molecular formula is C16H16BrF2NO. The van der Waals surface area contributed by atoms with Crippen molar-refractivity contribution in [2.75, 3.05) is 0 Å². The summed E-state index contributed by atoms with van der Waals surface area (Å²) >= 11 is 3.49. The average Bonchev–Trinajstić information content (AvgIpc) is 2.42. The SMILES string of the molecule is Cc1cc(C(N)c2ccc(OC(F)F)cc2)c(C)cc1Br. The maximum Gasteiger partial charge on any atom is 0.387 e. The van der Waals surface area contributed by atoms with Crippen LogP contribution < -0.4 is 10.5 Å². The van der Waals surface area contributed by atoms with Crippen LogP contribution in [0.2, 0.25) is 0 Å². The quantitative estimate of drug-likeness (QED) is 0.861. The minimum absolute atomic E-state index is 0.129. The number of rotatable bonds is 4. The zero-order chi connectivity index (χ0) is 15.6. The third-order valence-corrected chi connectivity index (χ3v) is 4.20. The van der Waals surface area contributed by atoms with E-state index >= 15 is 0 Å². The number of hydrogen-bond acceptors (Lipinski definition) is 2. The van der Waals surface area contributed by atoms with Crippen LogP contribution in [0.4, 0.5) is 8.78 Å². The first-order chi connectivity index (χ1) is 9.88. The van der Waals surface area contributed by atoms with E-state index in [0.29, 0.717) is 0 Å². The van der Waals surface area contributed by atoms with Crippen LogP contribution in [0.25, 0.3) is 0 Å². The first kappa shape index (κ1) is 15.9. The van der Waals surface area contributed by atoms with Crippen molar-refractivity contribution in [3.63, 3.8) is 0 Å². The molecule has 0 aromatic heterocycles. The Balaban J connectivity index is 2.27. The van der Waals surface area contributed by atoms with Gasteiger partial charge in [0.15, 0.2) is 0 Å². The molecule has 0 aliphatic rings. The van der Waals surface area contributed by atoms with Crippen LogP contribution in [0.15, 0.2) is 40.9 Å². The standard InChI is InChI=1S/C16H16BrF2NO/c1-9-8-14(17)10(2)7-13(9)15(20)11-3-5-12(6-4-11)21-16(18)19/h3-8,15-16H,20H2,1-2H3. The van der Waals surface area contributed by atoms with Crippen molar-refractivity contribution in [1.29, 1.82) is 0 Å². The van der Waals surface area contributed by atoms with Gasteiger partial charge in [-0.1, -0.05) is 34.1 Å². The van der Waals surface area contributed by atoms with Gasteiger partial charge in [-0.25, -0.2) is 0 Å². The second-order valence-corrected chi connectivity index (χ2v) is 5.74. The molecule has 0 saturated heterocycles. The molecule has 2 rings (SSSR count). The molecular weight excluding hydrogens is 340 g/mol. The largest absolute Gasteiger partial charge is 0.435 e. The van der Waals surface area contributed by atoms with E-state index in [4.69, 9.17) is 5.73 Å². The second-order valence-electron chi connectivity index (χ2n) is 4.88. The zero-order valence-electron chi connectivity index (χ0n) is 11.7. The van der Waals surface area contributed by atoms with E-state index < -0.39 is 6.61 Å². The van der Waals surface area contributed by atoms with Gasteiger partial charge in [0.25, 0.3) is 0 Å². The normalized spacial score (nSPS) is 12.5. The van der Waals surface area contributed by atoms with Gasteiger partial charge in [0, 0.05) is 4.47 Å². The topological polar surface area (TPSA) is 35.2 Å². The van der Waals surface area contributed by atoms with E-state index in [0.717, 1.165) is 26.7 Å². The van der Waals surface area contributed by atoms with Crippen molar-refractivity contribution >= 4 is 15.9 Å². The fraction of sp³-hybridized carbons (Fsp3) is 0.250. The van der Waals surface area contributed by atoms with E-state index in [1.54, 1.807) is 12.1 Å². The lowest BCUT2D eigenvalue weighted by Gasteiger charge is -2.17. The van der Waals surface area contributed by atoms with Gasteiger partial charge < -0.3 is 10.5 Å². The molecule has 0 aliphatic carbocycles. The van der Waals surface area contributed by atoms with E-state index in [9.17, 15) is 8.78 Å². The number of nitrogens with two attached hydrogens (primary N) is 1. The lowest BCUT2D eigenvalue weighted by molar-refractivity contribution is -0.0498. The Bertz CT molecular complexity index is 629. The number of halogens is 3. The maximum absolute atomic E-state index is 12.1. The molecule has 112 valence electrons. The minimum Gasteiger partial charge on any atom is -0.435 e. The summed E-state index contributed by atoms with van der Waals surface area (Å²) in [6, 6.07) is 10.2. The highest BCUT2D eigenvalue weighted by atomic mass is 79.9. The fourth-order valence-corrected chi connectivity index (χ4v) is 2.63. The highest BCUT2D eigenvalue weighted by molar-refractivity contribution is 9.10. The van der Waals surface area contributed by atoms with Gasteiger partial charge in [0.05, 0.1) is 6.04 Å². The van der Waals surface area contributed by atoms with Gasteiger partial charge in [-0.3, -0.25) is 0 Å². The van der Waals surface area contributed by atoms with Crippen LogP contribution in [0.5, 0.6) is 5.75 Å². The second kappa shape index (κ2) is 6.54. The highest BCUT2D eigenvalue weighted by Crippen LogP contribution is 2.28. The molecule has 21 heavy (non-hydrogen) atoms. The van der Waals surface area contributed by atoms with Crippen molar-refractivity contribution in [2.45, 2.75) is 26.5 Å². The lowest BCUT2D eigenvalue weighted by atomic mass is 9.94. The van der Waals surface area contributed by atoms with Crippen LogP contribution in [0.1, 0.15) is 28.3 Å². The van der Waals surface area contributed by atoms with Crippen molar-refractivity contribution in [3.05, 3.63) is 63.1 Å². The van der Waals surface area contributed by atoms with E-state index in [1.807, 2.05) is 26.0 Å². The van der Waals surface area contributed by atoms with Gasteiger partial charge in [0.2, 0.25) is 0 Å². The molecule has 0 aliphatic heterocycles. The Kier molecular flexibility index (Phi) is 4.96. The molecule has 2 nitrogen and oxygen atoms in total. The molecule has 0 fully saturated rings. The monoisotopic (exact) mass is 355 g/mol. The molecule has 0 radical (unpaired) electrons. The van der Waals surface area contributed by atoms with Crippen molar-refractivity contribution in [2.24, 2.45) is 5.73 Å². The molecule has 1 atom stereocenters. The summed E-state index contributed by atoms with van der Waals surface area (Å²) in [7, 11) is 0. The summed E-state index contributed by atoms with van der Waals surface area (Å²) in [6.45, 7) is 1.17. The van der Waals surface area contributed by atoms with E-state index in [2.05, 4.69) is 20.7 Å². The molecule has 0 saturated carbocycles. The van der Waals surface area contributed by atoms with Crippen LogP contribution >= 0.6 is 15.9 Å². The smallest absolute Gasteiger partial charge is 0.387 e. The zero-order valence-corrected chi connectivity index (χ0v) is 13.3. The number of alkyl halides is 2. The summed E-state index contributed by atoms with van der Waals surface area (Å²) in [5.41, 5.74) is 10.3. The summed E-state index contributed by atoms with van der Waals surface area (Å²) in [6.07, 6.45) is 0. The Labute approximate surface area is 131 Å². The van der Waals surface area contributed by atoms with Gasteiger partial charge in [-0.2, -0.15) is 8.78 Å². The van der Waals surface area contributed by atoms with Crippen LogP contribution in [0, 0.1) is 13.8 Å². The third-order valence-electron chi connectivity index (χ3n) is 3.35. The Morgan fingerprint density at radius 1 is 1.05 bits per heavy atom. The van der Waals surface area contributed by atoms with E-state index in [1.165, 1.54) is 12.1 Å². The molecule has 2 aromatic rings. The highest BCUT2D eigenvalue weighted by Gasteiger charge is 2.13. The molecule has 0 spiro atoms. The molecule has 2 aromatic carbocycles. The third kappa shape index (κ3) is 3.80. The fourth-order valence-electron chi connectivity index (χ4n) is 2.17. The van der Waals surface area contributed by atoms with Crippen molar-refractivity contribution in [1.82, 2.24) is 0 Å². The van der Waals surface area contributed by atoms with Crippen molar-refractivity contribution in [3.8, 4) is 5.75 Å². The Morgan fingerprint density at radius 3 is 2.24 bits per heavy atom. The molecule has 2 N–H and O–H groups in total. The predicted octanol–water partition coefficient (Wildman–Crippen LogP) is 4.72. The first-order valence-corrected chi connectivity index (χ1v) is 7.24. The van der Waals surface area contributed by atoms with Crippen molar-refractivity contribution < 1.29 is 13.5 Å². The average molecular weight is 356 g/mol. The predicted molar refractivity (Wildman–Crippen MR) is 82.7 cm³/mol. The van der Waals surface area contributed by atoms with Crippen LogP contribution in [0.3, 0.4) is 0 Å². The summed E-state index contributed by atoms with van der Waals surface area (Å²) in [5, 5.41) is 0. The Morgan fingerprint density at radius 2 is 1.67 bits per heavy atom. The summed E-state index contributed by atoms with van der Waals surface area (Å²) in [4.78, 5) is 0. The van der Waals surface area contributed by atoms with Crippen LogP contribution in [-0.2, 0) is 0 Å². The Hall–Kier alpha value is -1.46. The summed E-state index contributed by atoms with van der Waals surface area (Å²) in [5.74, 6) is 0.129. The molecule has 0 heterocycles. The maximum atomic E-state index is 12.1. The lowest BCUT2D eigenvalue weighted by Crippen LogP contribution is -2.13. The number of hydrogen-bond donors (Lipinski definition) is 1. The van der Waals surface area contributed by atoms with Crippen LogP contribution in [-0.4, -0.2) is 6.61 Å². The first-order valence-electron chi connectivity index (χ1n) is 6.45. The van der Waals surface area contributed by atoms with Gasteiger partial charge >= 0.3 is 6.61 Å². The number of benzene rings is 2. The van der Waals surface area contributed by atoms with E-state index in [-0.39, 0.29) is 11.8 Å². The van der Waals surface area contributed by atoms with Gasteiger partial charge in [-0.05, 0) is 54.3 Å². The van der Waals surface area contributed by atoms with Gasteiger partial charge in [-0.15, -0.1) is 0 Å². The summed E-state index contributed by atoms with van der Waals surface area (Å²) < 4.78 is 29.6. The molecule has 1 unspecified atom stereocenters.